The summed E-state index contributed by atoms with van der Waals surface area (Å²) in [5.74, 6) is -1.88. The average molecular weight is 378 g/mol. The van der Waals surface area contributed by atoms with Crippen molar-refractivity contribution in [3.05, 3.63) is 28.7 Å². The molecular weight excluding hydrogens is 362 g/mol. The van der Waals surface area contributed by atoms with Gasteiger partial charge in [0.05, 0.1) is 30.1 Å². The van der Waals surface area contributed by atoms with E-state index in [9.17, 15) is 18.3 Å². The fourth-order valence-electron chi connectivity index (χ4n) is 2.41. The van der Waals surface area contributed by atoms with Crippen molar-refractivity contribution in [2.24, 2.45) is 5.92 Å². The van der Waals surface area contributed by atoms with Crippen molar-refractivity contribution in [3.8, 4) is 0 Å². The van der Waals surface area contributed by atoms with E-state index in [2.05, 4.69) is 15.9 Å². The van der Waals surface area contributed by atoms with E-state index in [1.165, 1.54) is 16.4 Å². The van der Waals surface area contributed by atoms with E-state index >= 15 is 0 Å². The minimum absolute atomic E-state index is 0.0322. The summed E-state index contributed by atoms with van der Waals surface area (Å²) < 4.78 is 32.5. The predicted octanol–water partition coefficient (Wildman–Crippen LogP) is 1.56. The number of hydrogen-bond donors (Lipinski definition) is 1. The van der Waals surface area contributed by atoms with Crippen LogP contribution in [0, 0.1) is 5.92 Å². The second-order valence-electron chi connectivity index (χ2n) is 4.72. The minimum Gasteiger partial charge on any atom is -0.481 e. The van der Waals surface area contributed by atoms with Crippen molar-refractivity contribution in [1.29, 1.82) is 0 Å². The van der Waals surface area contributed by atoms with Gasteiger partial charge in [-0.1, -0.05) is 28.9 Å². The number of nitrogens with zero attached hydrogens (tertiary/aromatic N) is 1. The molecule has 0 spiro atoms. The van der Waals surface area contributed by atoms with E-state index in [1.807, 2.05) is 0 Å². The second kappa shape index (κ2) is 6.43. The molecule has 0 amide bonds. The van der Waals surface area contributed by atoms with Crippen LogP contribution in [0.4, 0.5) is 0 Å². The maximum atomic E-state index is 12.7. The van der Waals surface area contributed by atoms with Crippen LogP contribution in [0.1, 0.15) is 6.92 Å². The first-order chi connectivity index (χ1) is 9.87. The number of rotatable bonds is 5. The van der Waals surface area contributed by atoms with Crippen LogP contribution in [0.25, 0.3) is 0 Å². The molecule has 6 nitrogen and oxygen atoms in total. The van der Waals surface area contributed by atoms with Crippen LogP contribution in [0.15, 0.2) is 33.6 Å². The first-order valence-electron chi connectivity index (χ1n) is 6.46. The quantitative estimate of drug-likeness (QED) is 0.841. The van der Waals surface area contributed by atoms with Gasteiger partial charge in [-0.25, -0.2) is 8.42 Å². The number of hydrogen-bond acceptors (Lipinski definition) is 4. The van der Waals surface area contributed by atoms with Crippen molar-refractivity contribution >= 4 is 31.9 Å². The number of carboxylic acids is 1. The lowest BCUT2D eigenvalue weighted by molar-refractivity contribution is -0.142. The Morgan fingerprint density at radius 2 is 2.19 bits per heavy atom. The monoisotopic (exact) mass is 377 g/mol. The molecule has 0 saturated carbocycles. The highest BCUT2D eigenvalue weighted by Crippen LogP contribution is 2.27. The molecule has 1 heterocycles. The van der Waals surface area contributed by atoms with Gasteiger partial charge in [-0.2, -0.15) is 4.31 Å². The fraction of sp³-hybridized carbons (Fsp3) is 0.462. The zero-order chi connectivity index (χ0) is 15.6. The molecule has 2 atom stereocenters. The van der Waals surface area contributed by atoms with Gasteiger partial charge in [0.2, 0.25) is 10.0 Å². The van der Waals surface area contributed by atoms with Crippen LogP contribution < -0.4 is 0 Å². The Labute approximate surface area is 131 Å². The minimum atomic E-state index is -3.76. The third-order valence-electron chi connectivity index (χ3n) is 3.45. The van der Waals surface area contributed by atoms with Gasteiger partial charge >= 0.3 is 5.97 Å². The van der Waals surface area contributed by atoms with Gasteiger partial charge in [0.1, 0.15) is 0 Å². The smallest absolute Gasteiger partial charge is 0.310 e. The van der Waals surface area contributed by atoms with Crippen molar-refractivity contribution < 1.29 is 23.1 Å². The molecule has 1 saturated heterocycles. The highest BCUT2D eigenvalue weighted by molar-refractivity contribution is 9.10. The third kappa shape index (κ3) is 3.28. The first kappa shape index (κ1) is 16.4. The average Bonchev–Trinajstić information content (AvgIpc) is 2.88. The van der Waals surface area contributed by atoms with Crippen LogP contribution in [-0.2, 0) is 19.6 Å². The van der Waals surface area contributed by atoms with Crippen molar-refractivity contribution in [3.63, 3.8) is 0 Å². The highest BCUT2D eigenvalue weighted by Gasteiger charge is 2.42. The maximum absolute atomic E-state index is 12.7. The van der Waals surface area contributed by atoms with Crippen LogP contribution in [-0.4, -0.2) is 49.6 Å². The van der Waals surface area contributed by atoms with E-state index < -0.39 is 28.0 Å². The second-order valence-corrected chi connectivity index (χ2v) is 7.52. The molecular formula is C13H16BrNO5S. The number of benzene rings is 1. The molecule has 0 radical (unpaired) electrons. The molecule has 1 aliphatic heterocycles. The molecule has 116 valence electrons. The molecule has 0 aromatic heterocycles. The maximum Gasteiger partial charge on any atom is 0.310 e. The summed E-state index contributed by atoms with van der Waals surface area (Å²) in [4.78, 5) is 11.4. The lowest BCUT2D eigenvalue weighted by atomic mass is 10.0. The van der Waals surface area contributed by atoms with Crippen LogP contribution in [0.5, 0.6) is 0 Å². The molecule has 1 aromatic carbocycles. The van der Waals surface area contributed by atoms with Crippen LogP contribution >= 0.6 is 15.9 Å². The van der Waals surface area contributed by atoms with E-state index in [0.717, 1.165) is 0 Å². The number of sulfonamides is 1. The van der Waals surface area contributed by atoms with E-state index in [-0.39, 0.29) is 24.7 Å². The van der Waals surface area contributed by atoms with Crippen LogP contribution in [0.2, 0.25) is 0 Å². The van der Waals surface area contributed by atoms with Gasteiger partial charge < -0.3 is 9.84 Å². The van der Waals surface area contributed by atoms with E-state index in [1.54, 1.807) is 19.1 Å². The van der Waals surface area contributed by atoms with Crippen molar-refractivity contribution in [1.82, 2.24) is 4.31 Å². The molecule has 0 aliphatic carbocycles. The lowest BCUT2D eigenvalue weighted by Crippen LogP contribution is -2.46. The Bertz CT molecular complexity index is 633. The Hall–Kier alpha value is -0.960. The molecule has 1 aliphatic rings. The van der Waals surface area contributed by atoms with E-state index in [4.69, 9.17) is 4.74 Å². The fourth-order valence-corrected chi connectivity index (χ4v) is 4.66. The Morgan fingerprint density at radius 1 is 1.48 bits per heavy atom. The summed E-state index contributed by atoms with van der Waals surface area (Å²) in [6.07, 6.45) is 0. The largest absolute Gasteiger partial charge is 0.481 e. The SMILES string of the molecule is CCN(C1COCC1C(=O)O)S(=O)(=O)c1cccc(Br)c1. The molecule has 1 fully saturated rings. The standard InChI is InChI=1S/C13H16BrNO5S/c1-2-15(12-8-20-7-11(12)13(16)17)21(18,19)10-5-3-4-9(14)6-10/h3-6,11-12H,2,7-8H2,1H3,(H,16,17). The van der Waals surface area contributed by atoms with Gasteiger partial charge in [-0.3, -0.25) is 4.79 Å². The topological polar surface area (TPSA) is 83.9 Å². The predicted molar refractivity (Wildman–Crippen MR) is 79.4 cm³/mol. The van der Waals surface area contributed by atoms with Gasteiger partial charge in [0.15, 0.2) is 0 Å². The number of aliphatic carboxylic acids is 1. The number of carboxylic acid groups (broad SMARTS) is 1. The summed E-state index contributed by atoms with van der Waals surface area (Å²) in [5.41, 5.74) is 0. The summed E-state index contributed by atoms with van der Waals surface area (Å²) in [7, 11) is -3.76. The van der Waals surface area contributed by atoms with Crippen molar-refractivity contribution in [2.75, 3.05) is 19.8 Å². The highest BCUT2D eigenvalue weighted by atomic mass is 79.9. The lowest BCUT2D eigenvalue weighted by Gasteiger charge is -2.28. The Morgan fingerprint density at radius 3 is 2.76 bits per heavy atom. The molecule has 1 aromatic rings. The Balaban J connectivity index is 2.38. The zero-order valence-corrected chi connectivity index (χ0v) is 13.8. The molecule has 2 rings (SSSR count). The van der Waals surface area contributed by atoms with Gasteiger partial charge in [0, 0.05) is 11.0 Å². The van der Waals surface area contributed by atoms with Crippen LogP contribution in [0.3, 0.4) is 0 Å². The molecule has 21 heavy (non-hydrogen) atoms. The van der Waals surface area contributed by atoms with Crippen molar-refractivity contribution in [2.45, 2.75) is 17.9 Å². The van der Waals surface area contributed by atoms with Gasteiger partial charge in [-0.15, -0.1) is 0 Å². The summed E-state index contributed by atoms with van der Waals surface area (Å²) >= 11 is 3.24. The molecule has 2 unspecified atom stereocenters. The summed E-state index contributed by atoms with van der Waals surface area (Å²) in [6, 6.07) is 5.67. The normalized spacial score (nSPS) is 22.6. The first-order valence-corrected chi connectivity index (χ1v) is 8.69. The van der Waals surface area contributed by atoms with Gasteiger partial charge in [0.25, 0.3) is 0 Å². The summed E-state index contributed by atoms with van der Waals surface area (Å²) in [6.45, 7) is 2.00. The number of ether oxygens (including phenoxy) is 1. The molecule has 1 N–H and O–H groups in total. The van der Waals surface area contributed by atoms with Gasteiger partial charge in [-0.05, 0) is 18.2 Å². The summed E-state index contributed by atoms with van der Waals surface area (Å²) in [5, 5.41) is 9.20. The number of likely N-dealkylation sites (N-methyl/N-ethyl adjacent to an activating group) is 1. The molecule has 0 bridgehead atoms. The molecule has 8 heteroatoms. The third-order valence-corrected chi connectivity index (χ3v) is 5.94. The zero-order valence-electron chi connectivity index (χ0n) is 11.4. The number of halogens is 1. The van der Waals surface area contributed by atoms with E-state index in [0.29, 0.717) is 4.47 Å². The number of carbonyl (C=O) groups is 1. The Kier molecular flexibility index (Phi) is 5.03.